The van der Waals surface area contributed by atoms with Gasteiger partial charge in [0.1, 0.15) is 0 Å². The molecule has 1 nitrogen and oxygen atoms in total. The van der Waals surface area contributed by atoms with E-state index in [0.29, 0.717) is 11.5 Å². The molecule has 1 aliphatic carbocycles. The Morgan fingerprint density at radius 2 is 1.92 bits per heavy atom. The van der Waals surface area contributed by atoms with Crippen molar-refractivity contribution in [3.05, 3.63) is 12.2 Å². The van der Waals surface area contributed by atoms with E-state index in [1.165, 1.54) is 25.7 Å². The SMILES string of the molecule is CNC(C)/C=C/C1(C)CCCC1. The van der Waals surface area contributed by atoms with Crippen molar-refractivity contribution in [3.8, 4) is 0 Å². The Bertz CT molecular complexity index is 154. The Balaban J connectivity index is 2.42. The fourth-order valence-corrected chi connectivity index (χ4v) is 1.82. The Morgan fingerprint density at radius 1 is 1.33 bits per heavy atom. The summed E-state index contributed by atoms with van der Waals surface area (Å²) in [6, 6.07) is 0.516. The number of rotatable bonds is 3. The molecule has 70 valence electrons. The van der Waals surface area contributed by atoms with Crippen molar-refractivity contribution in [1.29, 1.82) is 0 Å². The molecule has 1 fully saturated rings. The first kappa shape index (κ1) is 9.79. The van der Waals surface area contributed by atoms with Gasteiger partial charge >= 0.3 is 0 Å². The minimum absolute atomic E-state index is 0.505. The first-order chi connectivity index (χ1) is 5.66. The fourth-order valence-electron chi connectivity index (χ4n) is 1.82. The lowest BCUT2D eigenvalue weighted by Crippen LogP contribution is -2.19. The monoisotopic (exact) mass is 167 g/mol. The van der Waals surface area contributed by atoms with E-state index in [0.717, 1.165) is 0 Å². The van der Waals surface area contributed by atoms with Crippen LogP contribution in [0.1, 0.15) is 39.5 Å². The fraction of sp³-hybridized carbons (Fsp3) is 0.818. The molecule has 1 unspecified atom stereocenters. The Kier molecular flexibility index (Phi) is 3.33. The van der Waals surface area contributed by atoms with Crippen molar-refractivity contribution in [1.82, 2.24) is 5.32 Å². The van der Waals surface area contributed by atoms with Crippen molar-refractivity contribution in [2.45, 2.75) is 45.6 Å². The van der Waals surface area contributed by atoms with Gasteiger partial charge in [0.05, 0.1) is 0 Å². The van der Waals surface area contributed by atoms with E-state index in [4.69, 9.17) is 0 Å². The van der Waals surface area contributed by atoms with Crippen LogP contribution in [0.3, 0.4) is 0 Å². The lowest BCUT2D eigenvalue weighted by molar-refractivity contribution is 0.443. The van der Waals surface area contributed by atoms with Crippen LogP contribution in [0.5, 0.6) is 0 Å². The summed E-state index contributed by atoms with van der Waals surface area (Å²) in [4.78, 5) is 0. The molecule has 0 saturated heterocycles. The predicted molar refractivity (Wildman–Crippen MR) is 54.2 cm³/mol. The zero-order valence-electron chi connectivity index (χ0n) is 8.56. The molecule has 0 aliphatic heterocycles. The van der Waals surface area contributed by atoms with Crippen molar-refractivity contribution in [3.63, 3.8) is 0 Å². The zero-order valence-corrected chi connectivity index (χ0v) is 8.56. The van der Waals surface area contributed by atoms with Crippen LogP contribution >= 0.6 is 0 Å². The molecule has 1 aliphatic rings. The van der Waals surface area contributed by atoms with Gasteiger partial charge in [-0.15, -0.1) is 0 Å². The quantitative estimate of drug-likeness (QED) is 0.637. The highest BCUT2D eigenvalue weighted by molar-refractivity contribution is 5.02. The van der Waals surface area contributed by atoms with E-state index >= 15 is 0 Å². The molecular weight excluding hydrogens is 146 g/mol. The maximum absolute atomic E-state index is 3.22. The summed E-state index contributed by atoms with van der Waals surface area (Å²) in [5, 5.41) is 3.22. The molecular formula is C11H21N. The zero-order chi connectivity index (χ0) is 9.03. The summed E-state index contributed by atoms with van der Waals surface area (Å²) in [7, 11) is 2.01. The number of hydrogen-bond donors (Lipinski definition) is 1. The summed E-state index contributed by atoms with van der Waals surface area (Å²) in [5.41, 5.74) is 0.505. The van der Waals surface area contributed by atoms with E-state index < -0.39 is 0 Å². The van der Waals surface area contributed by atoms with Crippen LogP contribution in [0, 0.1) is 5.41 Å². The summed E-state index contributed by atoms with van der Waals surface area (Å²) >= 11 is 0. The molecule has 0 aromatic carbocycles. The van der Waals surface area contributed by atoms with Gasteiger partial charge in [0.15, 0.2) is 0 Å². The van der Waals surface area contributed by atoms with Crippen molar-refractivity contribution < 1.29 is 0 Å². The smallest absolute Gasteiger partial charge is 0.0218 e. The highest BCUT2D eigenvalue weighted by Crippen LogP contribution is 2.38. The molecule has 0 radical (unpaired) electrons. The average Bonchev–Trinajstić information content (AvgIpc) is 2.49. The average molecular weight is 167 g/mol. The van der Waals surface area contributed by atoms with Crippen LogP contribution in [0.2, 0.25) is 0 Å². The third-order valence-corrected chi connectivity index (χ3v) is 2.99. The van der Waals surface area contributed by atoms with E-state index in [1.54, 1.807) is 0 Å². The summed E-state index contributed by atoms with van der Waals surface area (Å²) in [6.45, 7) is 4.56. The minimum Gasteiger partial charge on any atom is -0.314 e. The lowest BCUT2D eigenvalue weighted by Gasteiger charge is -2.18. The van der Waals surface area contributed by atoms with Crippen molar-refractivity contribution in [2.24, 2.45) is 5.41 Å². The molecule has 0 aromatic rings. The van der Waals surface area contributed by atoms with Crippen LogP contribution in [0.25, 0.3) is 0 Å². The number of hydrogen-bond acceptors (Lipinski definition) is 1. The second kappa shape index (κ2) is 4.08. The maximum Gasteiger partial charge on any atom is 0.0218 e. The maximum atomic E-state index is 3.22. The van der Waals surface area contributed by atoms with Gasteiger partial charge in [0, 0.05) is 6.04 Å². The number of nitrogens with one attached hydrogen (secondary N) is 1. The third-order valence-electron chi connectivity index (χ3n) is 2.99. The summed E-state index contributed by atoms with van der Waals surface area (Å²) in [5.74, 6) is 0. The molecule has 0 aromatic heterocycles. The highest BCUT2D eigenvalue weighted by atomic mass is 14.8. The minimum atomic E-state index is 0.505. The highest BCUT2D eigenvalue weighted by Gasteiger charge is 2.25. The van der Waals surface area contributed by atoms with Crippen LogP contribution in [-0.2, 0) is 0 Å². The Hall–Kier alpha value is -0.300. The van der Waals surface area contributed by atoms with Gasteiger partial charge in [-0.3, -0.25) is 0 Å². The molecule has 1 atom stereocenters. The molecule has 0 amide bonds. The van der Waals surface area contributed by atoms with E-state index in [-0.39, 0.29) is 0 Å². The second-order valence-corrected chi connectivity index (χ2v) is 4.30. The van der Waals surface area contributed by atoms with Gasteiger partial charge in [0.25, 0.3) is 0 Å². The molecule has 0 spiro atoms. The number of allylic oxidation sites excluding steroid dienone is 1. The van der Waals surface area contributed by atoms with Crippen LogP contribution in [0.15, 0.2) is 12.2 Å². The van der Waals surface area contributed by atoms with E-state index in [1.807, 2.05) is 7.05 Å². The van der Waals surface area contributed by atoms with Gasteiger partial charge in [0.2, 0.25) is 0 Å². The molecule has 0 heterocycles. The molecule has 1 rings (SSSR count). The summed E-state index contributed by atoms with van der Waals surface area (Å²) < 4.78 is 0. The Morgan fingerprint density at radius 3 is 2.42 bits per heavy atom. The first-order valence-corrected chi connectivity index (χ1v) is 5.03. The lowest BCUT2D eigenvalue weighted by atomic mass is 9.88. The predicted octanol–water partition coefficient (Wildman–Crippen LogP) is 2.73. The van der Waals surface area contributed by atoms with Crippen LogP contribution in [0.4, 0.5) is 0 Å². The summed E-state index contributed by atoms with van der Waals surface area (Å²) in [6.07, 6.45) is 10.3. The van der Waals surface area contributed by atoms with Crippen LogP contribution in [-0.4, -0.2) is 13.1 Å². The molecule has 12 heavy (non-hydrogen) atoms. The molecule has 1 saturated carbocycles. The molecule has 1 N–H and O–H groups in total. The second-order valence-electron chi connectivity index (χ2n) is 4.30. The third kappa shape index (κ3) is 2.63. The van der Waals surface area contributed by atoms with Gasteiger partial charge in [-0.2, -0.15) is 0 Å². The number of likely N-dealkylation sites (N-methyl/N-ethyl adjacent to an activating group) is 1. The Labute approximate surface area is 76.2 Å². The molecule has 0 bridgehead atoms. The van der Waals surface area contributed by atoms with E-state index in [2.05, 4.69) is 31.3 Å². The van der Waals surface area contributed by atoms with E-state index in [9.17, 15) is 0 Å². The standard InChI is InChI=1S/C11H21N/c1-10(12-3)6-9-11(2)7-4-5-8-11/h6,9-10,12H,4-5,7-8H2,1-3H3/b9-6+. The topological polar surface area (TPSA) is 12.0 Å². The van der Waals surface area contributed by atoms with Crippen LogP contribution < -0.4 is 5.32 Å². The van der Waals surface area contributed by atoms with Gasteiger partial charge in [-0.25, -0.2) is 0 Å². The van der Waals surface area contributed by atoms with Gasteiger partial charge < -0.3 is 5.32 Å². The van der Waals surface area contributed by atoms with Crippen molar-refractivity contribution >= 4 is 0 Å². The largest absolute Gasteiger partial charge is 0.314 e. The van der Waals surface area contributed by atoms with Gasteiger partial charge in [-0.1, -0.05) is 31.9 Å². The normalized spacial score (nSPS) is 24.9. The van der Waals surface area contributed by atoms with Crippen molar-refractivity contribution in [2.75, 3.05) is 7.05 Å². The van der Waals surface area contributed by atoms with Gasteiger partial charge in [-0.05, 0) is 32.2 Å². The first-order valence-electron chi connectivity index (χ1n) is 5.03. The molecule has 1 heteroatoms.